The lowest BCUT2D eigenvalue weighted by Gasteiger charge is -2.50. The minimum atomic E-state index is -0.850. The fourth-order valence-electron chi connectivity index (χ4n) is 6.04. The van der Waals surface area contributed by atoms with E-state index in [1.807, 2.05) is 7.05 Å². The van der Waals surface area contributed by atoms with Gasteiger partial charge in [-0.3, -0.25) is 4.90 Å². The van der Waals surface area contributed by atoms with E-state index in [1.165, 1.54) is 0 Å². The Hall–Kier alpha value is -2.00. The van der Waals surface area contributed by atoms with Crippen molar-refractivity contribution in [2.24, 2.45) is 0 Å². The van der Waals surface area contributed by atoms with Crippen LogP contribution in [0.25, 0.3) is 10.9 Å². The lowest BCUT2D eigenvalue weighted by Crippen LogP contribution is -2.54. The maximum atomic E-state index is 15.1. The average molecular weight is 466 g/mol. The molecule has 6 rings (SSSR count). The lowest BCUT2D eigenvalue weighted by molar-refractivity contribution is 0.107. The molecule has 0 amide bonds. The van der Waals surface area contributed by atoms with Crippen molar-refractivity contribution in [2.45, 2.75) is 62.2 Å². The molecule has 7 nitrogen and oxygen atoms in total. The van der Waals surface area contributed by atoms with Gasteiger partial charge in [0.05, 0.1) is 12.1 Å². The lowest BCUT2D eigenvalue weighted by atomic mass is 9.73. The van der Waals surface area contributed by atoms with E-state index in [-0.39, 0.29) is 40.2 Å². The van der Waals surface area contributed by atoms with Crippen LogP contribution < -0.4 is 14.4 Å². The van der Waals surface area contributed by atoms with Crippen LogP contribution in [-0.4, -0.2) is 70.5 Å². The molecule has 3 aliphatic heterocycles. The summed E-state index contributed by atoms with van der Waals surface area (Å²) in [5, 5.41) is 0.124. The number of halogens is 3. The molecule has 2 aromatic heterocycles. The Bertz CT molecular complexity index is 1080. The van der Waals surface area contributed by atoms with Gasteiger partial charge in [-0.2, -0.15) is 15.0 Å². The van der Waals surface area contributed by atoms with E-state index in [9.17, 15) is 4.39 Å². The normalized spacial score (nSPS) is 28.9. The molecule has 1 saturated carbocycles. The highest BCUT2D eigenvalue weighted by Crippen LogP contribution is 2.47. The number of aromatic nitrogens is 3. The predicted molar refractivity (Wildman–Crippen MR) is 116 cm³/mol. The van der Waals surface area contributed by atoms with Gasteiger partial charge in [-0.1, -0.05) is 11.6 Å². The quantitative estimate of drug-likeness (QED) is 0.637. The van der Waals surface area contributed by atoms with E-state index in [0.717, 1.165) is 45.1 Å². The highest BCUT2D eigenvalue weighted by molar-refractivity contribution is 6.30. The summed E-state index contributed by atoms with van der Waals surface area (Å²) >= 11 is 6.06. The molecule has 10 heteroatoms. The molecule has 172 valence electrons. The van der Waals surface area contributed by atoms with Crippen molar-refractivity contribution in [2.75, 3.05) is 38.3 Å². The summed E-state index contributed by atoms with van der Waals surface area (Å²) < 4.78 is 41.2. The van der Waals surface area contributed by atoms with Gasteiger partial charge in [0.15, 0.2) is 11.0 Å². The zero-order valence-electron chi connectivity index (χ0n) is 18.0. The van der Waals surface area contributed by atoms with Gasteiger partial charge in [0, 0.05) is 32.0 Å². The fraction of sp³-hybridized carbons (Fsp3) is 0.682. The third-order valence-electron chi connectivity index (χ3n) is 8.02. The molecule has 0 unspecified atom stereocenters. The number of pyridine rings is 1. The monoisotopic (exact) mass is 465 g/mol. The molecule has 0 radical (unpaired) electrons. The number of hydrogen-bond donors (Lipinski definition) is 0. The van der Waals surface area contributed by atoms with Crippen LogP contribution in [0.15, 0.2) is 0 Å². The van der Waals surface area contributed by atoms with Crippen LogP contribution in [0.3, 0.4) is 0 Å². The van der Waals surface area contributed by atoms with E-state index in [1.54, 1.807) is 0 Å². The van der Waals surface area contributed by atoms with E-state index in [4.69, 9.17) is 26.1 Å². The molecule has 4 aliphatic rings. The zero-order valence-corrected chi connectivity index (χ0v) is 18.8. The summed E-state index contributed by atoms with van der Waals surface area (Å²) in [5.41, 5.74) is -0.383. The number of ether oxygens (including phenoxy) is 2. The number of fused-ring (bicyclic) bond motifs is 1. The van der Waals surface area contributed by atoms with Crippen molar-refractivity contribution in [1.29, 1.82) is 0 Å². The Balaban J connectivity index is 1.43. The predicted octanol–water partition coefficient (Wildman–Crippen LogP) is 3.91. The third kappa shape index (κ3) is 2.96. The van der Waals surface area contributed by atoms with Crippen molar-refractivity contribution < 1.29 is 18.3 Å². The molecule has 5 heterocycles. The molecule has 0 N–H and O–H groups in total. The molecule has 1 spiro atoms. The smallest absolute Gasteiger partial charge is 0.319 e. The highest BCUT2D eigenvalue weighted by Gasteiger charge is 2.49. The maximum Gasteiger partial charge on any atom is 0.319 e. The molecule has 1 aliphatic carbocycles. The molecular formula is C22H26ClF2N5O2. The Morgan fingerprint density at radius 2 is 2.03 bits per heavy atom. The topological polar surface area (TPSA) is 63.6 Å². The SMILES string of the molecule is CN1c2nc(OC[C@@]34CCCN3C[C@H](F)C4)nc3c(F)c(Cl)nc(c23)OCCC12CCC2. The van der Waals surface area contributed by atoms with E-state index in [2.05, 4.69) is 19.8 Å². The van der Waals surface area contributed by atoms with Crippen LogP contribution in [-0.2, 0) is 0 Å². The number of alkyl halides is 1. The molecule has 2 saturated heterocycles. The zero-order chi connectivity index (χ0) is 22.1. The first-order valence-corrected chi connectivity index (χ1v) is 11.7. The van der Waals surface area contributed by atoms with E-state index in [0.29, 0.717) is 30.8 Å². The summed E-state index contributed by atoms with van der Waals surface area (Å²) in [4.78, 5) is 17.5. The third-order valence-corrected chi connectivity index (χ3v) is 8.27. The number of anilines is 1. The van der Waals surface area contributed by atoms with E-state index < -0.39 is 12.0 Å². The standard InChI is InChI=1S/C22H26ClF2N5O2/c1-29-18-14-16(15(25)17(23)27-19(14)31-9-7-21(29)4-2-5-21)26-20(28-18)32-12-22-6-3-8-30(22)11-13(24)10-22/h13H,2-12H2,1H3/t13-,22+/m1/s1. The van der Waals surface area contributed by atoms with Crippen molar-refractivity contribution in [3.63, 3.8) is 0 Å². The van der Waals surface area contributed by atoms with Crippen LogP contribution in [0.2, 0.25) is 5.15 Å². The maximum absolute atomic E-state index is 15.1. The Morgan fingerprint density at radius 3 is 2.81 bits per heavy atom. The van der Waals surface area contributed by atoms with Crippen LogP contribution in [0.4, 0.5) is 14.6 Å². The molecule has 0 aromatic carbocycles. The van der Waals surface area contributed by atoms with Crippen molar-refractivity contribution in [3.8, 4) is 11.9 Å². The number of rotatable bonds is 3. The average Bonchev–Trinajstić information content (AvgIpc) is 3.25. The summed E-state index contributed by atoms with van der Waals surface area (Å²) in [7, 11) is 1.98. The Morgan fingerprint density at radius 1 is 1.19 bits per heavy atom. The summed E-state index contributed by atoms with van der Waals surface area (Å²) in [6, 6.07) is 0.0741. The first kappa shape index (κ1) is 20.6. The van der Waals surface area contributed by atoms with Gasteiger partial charge in [-0.15, -0.1) is 0 Å². The highest BCUT2D eigenvalue weighted by atomic mass is 35.5. The van der Waals surface area contributed by atoms with Crippen LogP contribution in [0.5, 0.6) is 11.9 Å². The fourth-order valence-corrected chi connectivity index (χ4v) is 6.20. The molecule has 2 atom stereocenters. The first-order chi connectivity index (χ1) is 15.4. The minimum Gasteiger partial charge on any atom is -0.477 e. The van der Waals surface area contributed by atoms with Gasteiger partial charge in [0.25, 0.3) is 0 Å². The van der Waals surface area contributed by atoms with Crippen LogP contribution in [0.1, 0.15) is 44.9 Å². The number of hydrogen-bond acceptors (Lipinski definition) is 7. The molecule has 32 heavy (non-hydrogen) atoms. The van der Waals surface area contributed by atoms with Gasteiger partial charge >= 0.3 is 6.01 Å². The van der Waals surface area contributed by atoms with Gasteiger partial charge in [0.1, 0.15) is 29.5 Å². The number of nitrogens with zero attached hydrogens (tertiary/aromatic N) is 5. The summed E-state index contributed by atoms with van der Waals surface area (Å²) in [5.74, 6) is 0.0631. The minimum absolute atomic E-state index is 0.0405. The van der Waals surface area contributed by atoms with Crippen molar-refractivity contribution in [1.82, 2.24) is 19.9 Å². The van der Waals surface area contributed by atoms with Crippen LogP contribution >= 0.6 is 11.6 Å². The van der Waals surface area contributed by atoms with Gasteiger partial charge < -0.3 is 14.4 Å². The summed E-state index contributed by atoms with van der Waals surface area (Å²) in [6.45, 7) is 2.05. The van der Waals surface area contributed by atoms with Gasteiger partial charge in [0.2, 0.25) is 5.88 Å². The van der Waals surface area contributed by atoms with Crippen molar-refractivity contribution >= 4 is 28.3 Å². The second-order valence-electron chi connectivity index (χ2n) is 9.67. The van der Waals surface area contributed by atoms with Gasteiger partial charge in [-0.05, 0) is 38.6 Å². The summed E-state index contributed by atoms with van der Waals surface area (Å²) in [6.07, 6.45) is 5.46. The van der Waals surface area contributed by atoms with Crippen molar-refractivity contribution in [3.05, 3.63) is 11.0 Å². The molecular weight excluding hydrogens is 440 g/mol. The Kier molecular flexibility index (Phi) is 4.67. The largest absolute Gasteiger partial charge is 0.477 e. The van der Waals surface area contributed by atoms with E-state index >= 15 is 4.39 Å². The molecule has 3 fully saturated rings. The van der Waals surface area contributed by atoms with Gasteiger partial charge in [-0.25, -0.2) is 8.78 Å². The second kappa shape index (κ2) is 7.25. The molecule has 0 bridgehead atoms. The second-order valence-corrected chi connectivity index (χ2v) is 10.0. The first-order valence-electron chi connectivity index (χ1n) is 11.4. The van der Waals surface area contributed by atoms with Crippen LogP contribution in [0, 0.1) is 5.82 Å². The molecule has 2 aromatic rings. The Labute approximate surface area is 190 Å².